The van der Waals surface area contributed by atoms with Crippen molar-refractivity contribution in [3.05, 3.63) is 0 Å². The lowest BCUT2D eigenvalue weighted by Gasteiger charge is -2.28. The molecule has 1 rings (SSSR count). The van der Waals surface area contributed by atoms with Gasteiger partial charge in [-0.05, 0) is 39.5 Å². The van der Waals surface area contributed by atoms with E-state index >= 15 is 0 Å². The van der Waals surface area contributed by atoms with E-state index in [1.165, 1.54) is 0 Å². The average molecular weight is 258 g/mol. The van der Waals surface area contributed by atoms with E-state index in [0.29, 0.717) is 26.1 Å². The predicted octanol–water partition coefficient (Wildman–Crippen LogP) is 1.85. The van der Waals surface area contributed by atoms with Gasteiger partial charge in [0, 0.05) is 13.2 Å². The van der Waals surface area contributed by atoms with Crippen molar-refractivity contribution in [1.29, 1.82) is 0 Å². The molecule has 1 heterocycles. The maximum absolute atomic E-state index is 11.7. The highest BCUT2D eigenvalue weighted by Gasteiger charge is 2.33. The van der Waals surface area contributed by atoms with Crippen LogP contribution in [0.4, 0.5) is 0 Å². The number of carbonyl (C=O) groups is 2. The summed E-state index contributed by atoms with van der Waals surface area (Å²) in [5.41, 5.74) is -0.574. The molecule has 0 aromatic rings. The standard InChI is InChI=1S/C13H22O5/c1-13(2,3)18-11(14)8-10(12(15)16)9-4-6-17-7-5-9/h9-10H,4-8H2,1-3H3,(H,15,16). The molecule has 1 aliphatic heterocycles. The van der Waals surface area contributed by atoms with Crippen LogP contribution in [-0.2, 0) is 19.1 Å². The Morgan fingerprint density at radius 1 is 1.33 bits per heavy atom. The van der Waals surface area contributed by atoms with Crippen LogP contribution < -0.4 is 0 Å². The van der Waals surface area contributed by atoms with Gasteiger partial charge in [-0.25, -0.2) is 0 Å². The third kappa shape index (κ3) is 5.04. The Kier molecular flexibility index (Phi) is 5.14. The first kappa shape index (κ1) is 15.0. The lowest BCUT2D eigenvalue weighted by Crippen LogP contribution is -2.33. The number of carbonyl (C=O) groups excluding carboxylic acids is 1. The van der Waals surface area contributed by atoms with Crippen molar-refractivity contribution in [3.8, 4) is 0 Å². The molecule has 1 saturated heterocycles. The molecular weight excluding hydrogens is 236 g/mol. The van der Waals surface area contributed by atoms with E-state index in [-0.39, 0.29) is 12.3 Å². The van der Waals surface area contributed by atoms with E-state index in [4.69, 9.17) is 9.47 Å². The molecule has 0 bridgehead atoms. The van der Waals surface area contributed by atoms with Crippen molar-refractivity contribution in [2.75, 3.05) is 13.2 Å². The van der Waals surface area contributed by atoms with Crippen LogP contribution in [0.2, 0.25) is 0 Å². The van der Waals surface area contributed by atoms with Gasteiger partial charge in [0.15, 0.2) is 0 Å². The minimum Gasteiger partial charge on any atom is -0.481 e. The molecule has 0 spiro atoms. The third-order valence-electron chi connectivity index (χ3n) is 2.96. The Balaban J connectivity index is 2.57. The van der Waals surface area contributed by atoms with Gasteiger partial charge < -0.3 is 14.6 Å². The van der Waals surface area contributed by atoms with Crippen LogP contribution in [0.1, 0.15) is 40.0 Å². The molecule has 18 heavy (non-hydrogen) atoms. The summed E-state index contributed by atoms with van der Waals surface area (Å²) in [6, 6.07) is 0. The Morgan fingerprint density at radius 3 is 2.33 bits per heavy atom. The molecule has 0 aliphatic carbocycles. The summed E-state index contributed by atoms with van der Waals surface area (Å²) in [5, 5.41) is 9.22. The molecule has 1 unspecified atom stereocenters. The van der Waals surface area contributed by atoms with Crippen molar-refractivity contribution >= 4 is 11.9 Å². The number of hydrogen-bond donors (Lipinski definition) is 1. The van der Waals surface area contributed by atoms with E-state index in [2.05, 4.69) is 0 Å². The molecule has 0 radical (unpaired) electrons. The molecule has 0 amide bonds. The molecule has 104 valence electrons. The number of carboxylic acid groups (broad SMARTS) is 1. The van der Waals surface area contributed by atoms with Crippen molar-refractivity contribution in [3.63, 3.8) is 0 Å². The zero-order valence-corrected chi connectivity index (χ0v) is 11.3. The first-order chi connectivity index (χ1) is 8.29. The van der Waals surface area contributed by atoms with Gasteiger partial charge in [-0.15, -0.1) is 0 Å². The summed E-state index contributed by atoms with van der Waals surface area (Å²) < 4.78 is 10.4. The second-order valence-corrected chi connectivity index (χ2v) is 5.69. The van der Waals surface area contributed by atoms with Gasteiger partial charge in [0.05, 0.1) is 12.3 Å². The fourth-order valence-electron chi connectivity index (χ4n) is 2.14. The van der Waals surface area contributed by atoms with E-state index in [1.54, 1.807) is 20.8 Å². The number of carboxylic acids is 1. The van der Waals surface area contributed by atoms with Crippen LogP contribution in [0.5, 0.6) is 0 Å². The summed E-state index contributed by atoms with van der Waals surface area (Å²) in [4.78, 5) is 23.0. The second-order valence-electron chi connectivity index (χ2n) is 5.69. The van der Waals surface area contributed by atoms with Gasteiger partial charge in [0.25, 0.3) is 0 Å². The van der Waals surface area contributed by atoms with Gasteiger partial charge in [0.2, 0.25) is 0 Å². The number of ether oxygens (including phenoxy) is 2. The first-order valence-electron chi connectivity index (χ1n) is 6.32. The van der Waals surface area contributed by atoms with Crippen molar-refractivity contribution in [1.82, 2.24) is 0 Å². The Hall–Kier alpha value is -1.10. The minimum atomic E-state index is -0.923. The van der Waals surface area contributed by atoms with Crippen LogP contribution in [0.15, 0.2) is 0 Å². The maximum atomic E-state index is 11.7. The molecule has 1 N–H and O–H groups in total. The highest BCUT2D eigenvalue weighted by Crippen LogP contribution is 2.27. The number of hydrogen-bond acceptors (Lipinski definition) is 4. The first-order valence-corrected chi connectivity index (χ1v) is 6.32. The Bertz CT molecular complexity index is 299. The second kappa shape index (κ2) is 6.18. The Morgan fingerprint density at radius 2 is 1.89 bits per heavy atom. The minimum absolute atomic E-state index is 0.00349. The number of rotatable bonds is 4. The van der Waals surface area contributed by atoms with Gasteiger partial charge in [-0.3, -0.25) is 9.59 Å². The quantitative estimate of drug-likeness (QED) is 0.779. The molecule has 1 atom stereocenters. The predicted molar refractivity (Wildman–Crippen MR) is 65.1 cm³/mol. The maximum Gasteiger partial charge on any atom is 0.307 e. The van der Waals surface area contributed by atoms with Crippen LogP contribution in [0.25, 0.3) is 0 Å². The molecular formula is C13H22O5. The lowest BCUT2D eigenvalue weighted by atomic mass is 9.84. The largest absolute Gasteiger partial charge is 0.481 e. The third-order valence-corrected chi connectivity index (χ3v) is 2.96. The van der Waals surface area contributed by atoms with Crippen LogP contribution >= 0.6 is 0 Å². The van der Waals surface area contributed by atoms with E-state index in [0.717, 1.165) is 0 Å². The fourth-order valence-corrected chi connectivity index (χ4v) is 2.14. The molecule has 0 aromatic carbocycles. The summed E-state index contributed by atoms with van der Waals surface area (Å²) in [5.74, 6) is -2.03. The molecule has 5 nitrogen and oxygen atoms in total. The lowest BCUT2D eigenvalue weighted by molar-refractivity contribution is -0.162. The summed E-state index contributed by atoms with van der Waals surface area (Å²) in [6.07, 6.45) is 1.33. The number of aliphatic carboxylic acids is 1. The monoisotopic (exact) mass is 258 g/mol. The van der Waals surface area contributed by atoms with Crippen LogP contribution in [-0.4, -0.2) is 35.9 Å². The van der Waals surface area contributed by atoms with Gasteiger partial charge in [-0.2, -0.15) is 0 Å². The van der Waals surface area contributed by atoms with Gasteiger partial charge >= 0.3 is 11.9 Å². The van der Waals surface area contributed by atoms with Crippen LogP contribution in [0, 0.1) is 11.8 Å². The number of esters is 1. The highest BCUT2D eigenvalue weighted by molar-refractivity contribution is 5.79. The summed E-state index contributed by atoms with van der Waals surface area (Å²) in [6.45, 7) is 6.46. The fraction of sp³-hybridized carbons (Fsp3) is 0.846. The van der Waals surface area contributed by atoms with Gasteiger partial charge in [0.1, 0.15) is 5.60 Å². The zero-order chi connectivity index (χ0) is 13.8. The summed E-state index contributed by atoms with van der Waals surface area (Å²) in [7, 11) is 0. The molecule has 0 aromatic heterocycles. The van der Waals surface area contributed by atoms with Crippen molar-refractivity contribution in [2.45, 2.75) is 45.6 Å². The smallest absolute Gasteiger partial charge is 0.307 e. The molecule has 1 fully saturated rings. The topological polar surface area (TPSA) is 72.8 Å². The Labute approximate surface area is 107 Å². The van der Waals surface area contributed by atoms with E-state index in [9.17, 15) is 14.7 Å². The molecule has 1 aliphatic rings. The zero-order valence-electron chi connectivity index (χ0n) is 11.3. The normalized spacial score (nSPS) is 19.3. The van der Waals surface area contributed by atoms with Crippen molar-refractivity contribution < 1.29 is 24.2 Å². The van der Waals surface area contributed by atoms with Crippen molar-refractivity contribution in [2.24, 2.45) is 11.8 Å². The van der Waals surface area contributed by atoms with E-state index in [1.807, 2.05) is 0 Å². The average Bonchev–Trinajstić information content (AvgIpc) is 2.24. The van der Waals surface area contributed by atoms with Gasteiger partial charge in [-0.1, -0.05) is 0 Å². The van der Waals surface area contributed by atoms with Crippen LogP contribution in [0.3, 0.4) is 0 Å². The summed E-state index contributed by atoms with van der Waals surface area (Å²) >= 11 is 0. The SMILES string of the molecule is CC(C)(C)OC(=O)CC(C(=O)O)C1CCOCC1. The molecule has 5 heteroatoms. The highest BCUT2D eigenvalue weighted by atomic mass is 16.6. The van der Waals surface area contributed by atoms with E-state index < -0.39 is 23.5 Å². The molecule has 0 saturated carbocycles.